The van der Waals surface area contributed by atoms with Crippen molar-refractivity contribution in [3.8, 4) is 11.5 Å². The van der Waals surface area contributed by atoms with E-state index in [-0.39, 0.29) is 5.82 Å². The third-order valence-corrected chi connectivity index (χ3v) is 5.90. The van der Waals surface area contributed by atoms with Crippen molar-refractivity contribution in [2.24, 2.45) is 0 Å². The summed E-state index contributed by atoms with van der Waals surface area (Å²) in [7, 11) is 0. The van der Waals surface area contributed by atoms with Gasteiger partial charge in [-0.3, -0.25) is 0 Å². The first-order chi connectivity index (χ1) is 19.9. The molecule has 0 radical (unpaired) electrons. The summed E-state index contributed by atoms with van der Waals surface area (Å²) in [6, 6.07) is 27.1. The lowest BCUT2D eigenvalue weighted by atomic mass is 10.1. The molecule has 0 aromatic heterocycles. The van der Waals surface area contributed by atoms with E-state index in [1.165, 1.54) is 6.07 Å². The Kier molecular flexibility index (Phi) is 9.73. The summed E-state index contributed by atoms with van der Waals surface area (Å²) in [6.45, 7) is 6.80. The molecule has 4 aromatic carbocycles. The van der Waals surface area contributed by atoms with Gasteiger partial charge in [-0.2, -0.15) is 0 Å². The average Bonchev–Trinajstić information content (AvgIpc) is 3.00. The van der Waals surface area contributed by atoms with Crippen LogP contribution in [0.2, 0.25) is 0 Å². The maximum Gasteiger partial charge on any atom is 0.335 e. The molecule has 0 bridgehead atoms. The van der Waals surface area contributed by atoms with Gasteiger partial charge in [-0.25, -0.2) is 14.0 Å². The van der Waals surface area contributed by atoms with Crippen LogP contribution in [-0.4, -0.2) is 11.9 Å². The summed E-state index contributed by atoms with van der Waals surface area (Å²) >= 11 is 0. The van der Waals surface area contributed by atoms with Gasteiger partial charge in [0.05, 0.1) is 0 Å². The molecule has 0 saturated heterocycles. The molecule has 4 nitrogen and oxygen atoms in total. The van der Waals surface area contributed by atoms with Crippen LogP contribution < -0.4 is 9.47 Å². The number of benzene rings is 4. The van der Waals surface area contributed by atoms with Crippen LogP contribution in [0.5, 0.6) is 11.5 Å². The van der Waals surface area contributed by atoms with Crippen molar-refractivity contribution in [2.75, 3.05) is 0 Å². The molecule has 5 heteroatoms. The van der Waals surface area contributed by atoms with Crippen molar-refractivity contribution < 1.29 is 23.5 Å². The molecule has 0 N–H and O–H groups in total. The van der Waals surface area contributed by atoms with Gasteiger partial charge in [-0.1, -0.05) is 116 Å². The number of para-hydroxylation sites is 1. The lowest BCUT2D eigenvalue weighted by molar-refractivity contribution is -0.129. The highest BCUT2D eigenvalue weighted by Crippen LogP contribution is 2.22. The monoisotopic (exact) mass is 542 g/mol. The molecule has 41 heavy (non-hydrogen) atoms. The minimum absolute atomic E-state index is 0.328. The average molecular weight is 543 g/mol. The van der Waals surface area contributed by atoms with Crippen molar-refractivity contribution in [1.82, 2.24) is 0 Å². The fourth-order valence-corrected chi connectivity index (χ4v) is 3.73. The molecule has 4 rings (SSSR count). The summed E-state index contributed by atoms with van der Waals surface area (Å²) in [6.07, 6.45) is 13.3. The van der Waals surface area contributed by atoms with E-state index in [4.69, 9.17) is 9.47 Å². The summed E-state index contributed by atoms with van der Waals surface area (Å²) in [5.74, 6) is -0.475. The van der Waals surface area contributed by atoms with Gasteiger partial charge in [0.25, 0.3) is 0 Å². The molecule has 0 atom stereocenters. The second kappa shape index (κ2) is 14.0. The number of carbonyl (C=O) groups is 2. The van der Waals surface area contributed by atoms with E-state index in [2.05, 4.69) is 13.2 Å². The molecule has 202 valence electrons. The molecule has 0 saturated carbocycles. The Hall–Kier alpha value is -5.55. The zero-order chi connectivity index (χ0) is 29.0. The standard InChI is InChI=1S/C36H27FO4/c1-3-35(38)40-32-23-18-28(19-24-32)13-14-29-17-21-30(33(37)25-29)20-15-26-9-11-27(12-10-26)16-22-31-7-5-6-8-34(31)41-36(39)4-2/h3-25H,1-2H2/b14-13+,20-15+,22-16+. The molecule has 0 unspecified atom stereocenters. The zero-order valence-electron chi connectivity index (χ0n) is 22.2. The Balaban J connectivity index is 1.37. The maximum atomic E-state index is 14.8. The highest BCUT2D eigenvalue weighted by atomic mass is 19.1. The Morgan fingerprint density at radius 2 is 1.05 bits per heavy atom. The Morgan fingerprint density at radius 3 is 1.66 bits per heavy atom. The number of hydrogen-bond acceptors (Lipinski definition) is 4. The van der Waals surface area contributed by atoms with E-state index in [1.807, 2.05) is 72.8 Å². The number of ether oxygens (including phenoxy) is 2. The molecule has 4 aromatic rings. The fourth-order valence-electron chi connectivity index (χ4n) is 3.73. The van der Waals surface area contributed by atoms with Crippen LogP contribution in [0, 0.1) is 5.82 Å². The molecule has 0 aliphatic rings. The quantitative estimate of drug-likeness (QED) is 0.0872. The lowest BCUT2D eigenvalue weighted by Gasteiger charge is -2.05. The second-order valence-corrected chi connectivity index (χ2v) is 8.80. The Morgan fingerprint density at radius 1 is 0.561 bits per heavy atom. The lowest BCUT2D eigenvalue weighted by Crippen LogP contribution is -2.03. The first kappa shape index (κ1) is 28.5. The first-order valence-electron chi connectivity index (χ1n) is 12.7. The van der Waals surface area contributed by atoms with Crippen LogP contribution in [-0.2, 0) is 9.59 Å². The highest BCUT2D eigenvalue weighted by molar-refractivity contribution is 5.85. The van der Waals surface area contributed by atoms with E-state index in [1.54, 1.807) is 48.5 Å². The van der Waals surface area contributed by atoms with E-state index >= 15 is 0 Å². The van der Waals surface area contributed by atoms with Crippen LogP contribution in [0.1, 0.15) is 33.4 Å². The van der Waals surface area contributed by atoms with Crippen molar-refractivity contribution in [2.45, 2.75) is 0 Å². The highest BCUT2D eigenvalue weighted by Gasteiger charge is 2.04. The summed E-state index contributed by atoms with van der Waals surface area (Å²) in [4.78, 5) is 22.8. The summed E-state index contributed by atoms with van der Waals surface area (Å²) < 4.78 is 25.1. The molecule has 0 fully saturated rings. The SMILES string of the molecule is C=CC(=O)Oc1ccc(/C=C/c2ccc(/C=C/c3ccc(/C=C/c4ccccc4OC(=O)C=C)cc3)c(F)c2)cc1. The Labute approximate surface area is 238 Å². The topological polar surface area (TPSA) is 52.6 Å². The molecule has 0 amide bonds. The fraction of sp³-hybridized carbons (Fsp3) is 0. The van der Waals surface area contributed by atoms with Crippen molar-refractivity contribution in [1.29, 1.82) is 0 Å². The van der Waals surface area contributed by atoms with Crippen LogP contribution in [0.25, 0.3) is 36.5 Å². The molecular formula is C36H27FO4. The van der Waals surface area contributed by atoms with Gasteiger partial charge >= 0.3 is 11.9 Å². The molecule has 0 aliphatic carbocycles. The number of hydrogen-bond donors (Lipinski definition) is 0. The number of halogens is 1. The minimum Gasteiger partial charge on any atom is -0.423 e. The Bertz CT molecular complexity index is 1640. The van der Waals surface area contributed by atoms with Gasteiger partial charge in [0.2, 0.25) is 0 Å². The van der Waals surface area contributed by atoms with Gasteiger partial charge in [-0.05, 0) is 46.5 Å². The van der Waals surface area contributed by atoms with E-state index < -0.39 is 11.9 Å². The minimum atomic E-state index is -0.518. The maximum absolute atomic E-state index is 14.8. The molecular weight excluding hydrogens is 515 g/mol. The first-order valence-corrected chi connectivity index (χ1v) is 12.7. The number of rotatable bonds is 10. The van der Waals surface area contributed by atoms with Crippen molar-refractivity contribution >= 4 is 48.4 Å². The third kappa shape index (κ3) is 8.47. The zero-order valence-corrected chi connectivity index (χ0v) is 22.2. The van der Waals surface area contributed by atoms with Gasteiger partial charge in [0.15, 0.2) is 0 Å². The van der Waals surface area contributed by atoms with E-state index in [0.717, 1.165) is 40.0 Å². The summed E-state index contributed by atoms with van der Waals surface area (Å²) in [5, 5.41) is 0. The van der Waals surface area contributed by atoms with E-state index in [9.17, 15) is 14.0 Å². The van der Waals surface area contributed by atoms with Crippen LogP contribution in [0.3, 0.4) is 0 Å². The number of carbonyl (C=O) groups excluding carboxylic acids is 2. The van der Waals surface area contributed by atoms with Crippen molar-refractivity contribution in [3.05, 3.63) is 156 Å². The van der Waals surface area contributed by atoms with Crippen LogP contribution in [0.15, 0.2) is 116 Å². The predicted octanol–water partition coefficient (Wildman–Crippen LogP) is 8.52. The smallest absolute Gasteiger partial charge is 0.335 e. The van der Waals surface area contributed by atoms with Crippen molar-refractivity contribution in [3.63, 3.8) is 0 Å². The largest absolute Gasteiger partial charge is 0.423 e. The molecule has 0 heterocycles. The van der Waals surface area contributed by atoms with Gasteiger partial charge in [0.1, 0.15) is 17.3 Å². The normalized spacial score (nSPS) is 11.1. The number of esters is 2. The van der Waals surface area contributed by atoms with Gasteiger partial charge in [-0.15, -0.1) is 0 Å². The predicted molar refractivity (Wildman–Crippen MR) is 164 cm³/mol. The van der Waals surface area contributed by atoms with Crippen LogP contribution in [0.4, 0.5) is 4.39 Å². The third-order valence-electron chi connectivity index (χ3n) is 5.90. The molecule has 0 spiro atoms. The van der Waals surface area contributed by atoms with E-state index in [0.29, 0.717) is 17.1 Å². The summed E-state index contributed by atoms with van der Waals surface area (Å²) in [5.41, 5.74) is 4.73. The van der Waals surface area contributed by atoms with Crippen LogP contribution >= 0.6 is 0 Å². The van der Waals surface area contributed by atoms with Gasteiger partial charge in [0, 0.05) is 23.3 Å². The second-order valence-electron chi connectivity index (χ2n) is 8.80. The van der Waals surface area contributed by atoms with Gasteiger partial charge < -0.3 is 9.47 Å². The molecule has 0 aliphatic heterocycles.